The van der Waals surface area contributed by atoms with Gasteiger partial charge in [-0.15, -0.1) is 6.58 Å². The minimum Gasteiger partial charge on any atom is -0.397 e. The number of hydrogen-bond donors (Lipinski definition) is 2. The lowest BCUT2D eigenvalue weighted by Gasteiger charge is -2.06. The SMILES string of the molecule is C=CCNc1ccc(F)cc1N. The molecule has 3 N–H and O–H groups in total. The summed E-state index contributed by atoms with van der Waals surface area (Å²) < 4.78 is 12.5. The second kappa shape index (κ2) is 3.76. The van der Waals surface area contributed by atoms with Crippen LogP contribution in [0.2, 0.25) is 0 Å². The lowest BCUT2D eigenvalue weighted by atomic mass is 10.2. The van der Waals surface area contributed by atoms with Gasteiger partial charge >= 0.3 is 0 Å². The van der Waals surface area contributed by atoms with Gasteiger partial charge in [0.05, 0.1) is 11.4 Å². The lowest BCUT2D eigenvalue weighted by Crippen LogP contribution is -2.01. The zero-order valence-corrected chi connectivity index (χ0v) is 6.68. The number of rotatable bonds is 3. The minimum absolute atomic E-state index is 0.323. The largest absolute Gasteiger partial charge is 0.397 e. The highest BCUT2D eigenvalue weighted by molar-refractivity contribution is 5.65. The Morgan fingerprint density at radius 1 is 1.58 bits per heavy atom. The van der Waals surface area contributed by atoms with Gasteiger partial charge < -0.3 is 11.1 Å². The number of halogens is 1. The Hall–Kier alpha value is -1.51. The van der Waals surface area contributed by atoms with Crippen molar-refractivity contribution in [1.29, 1.82) is 0 Å². The highest BCUT2D eigenvalue weighted by atomic mass is 19.1. The molecule has 0 atom stereocenters. The first-order valence-electron chi connectivity index (χ1n) is 3.64. The van der Waals surface area contributed by atoms with Gasteiger partial charge in [-0.05, 0) is 18.2 Å². The molecular formula is C9H11FN2. The van der Waals surface area contributed by atoms with Crippen LogP contribution in [-0.2, 0) is 0 Å². The Morgan fingerprint density at radius 3 is 2.92 bits per heavy atom. The van der Waals surface area contributed by atoms with Crippen molar-refractivity contribution in [2.75, 3.05) is 17.6 Å². The highest BCUT2D eigenvalue weighted by Gasteiger charge is 1.97. The fourth-order valence-corrected chi connectivity index (χ4v) is 0.877. The monoisotopic (exact) mass is 166 g/mol. The van der Waals surface area contributed by atoms with Crippen LogP contribution in [0.3, 0.4) is 0 Å². The number of benzene rings is 1. The van der Waals surface area contributed by atoms with Crippen LogP contribution in [0.5, 0.6) is 0 Å². The summed E-state index contributed by atoms with van der Waals surface area (Å²) in [6, 6.07) is 4.25. The quantitative estimate of drug-likeness (QED) is 0.532. The van der Waals surface area contributed by atoms with E-state index in [1.54, 1.807) is 12.1 Å². The van der Waals surface area contributed by atoms with E-state index in [2.05, 4.69) is 11.9 Å². The molecule has 0 unspecified atom stereocenters. The van der Waals surface area contributed by atoms with E-state index >= 15 is 0 Å². The van der Waals surface area contributed by atoms with Crippen molar-refractivity contribution in [3.05, 3.63) is 36.7 Å². The number of nitrogens with two attached hydrogens (primary N) is 1. The first-order chi connectivity index (χ1) is 5.74. The molecule has 0 aromatic heterocycles. The van der Waals surface area contributed by atoms with Gasteiger partial charge in [0.15, 0.2) is 0 Å². The molecule has 12 heavy (non-hydrogen) atoms. The maximum Gasteiger partial charge on any atom is 0.125 e. The van der Waals surface area contributed by atoms with Gasteiger partial charge in [0.2, 0.25) is 0 Å². The number of nitrogens with one attached hydrogen (secondary N) is 1. The van der Waals surface area contributed by atoms with E-state index in [9.17, 15) is 4.39 Å². The molecule has 2 nitrogen and oxygen atoms in total. The van der Waals surface area contributed by atoms with E-state index in [1.807, 2.05) is 0 Å². The van der Waals surface area contributed by atoms with Gasteiger partial charge in [0.1, 0.15) is 5.82 Å². The average Bonchev–Trinajstić information content (AvgIpc) is 2.03. The molecule has 0 radical (unpaired) electrons. The van der Waals surface area contributed by atoms with E-state index in [0.29, 0.717) is 12.2 Å². The van der Waals surface area contributed by atoms with E-state index in [0.717, 1.165) is 5.69 Å². The molecule has 64 valence electrons. The van der Waals surface area contributed by atoms with E-state index < -0.39 is 0 Å². The molecule has 1 aromatic carbocycles. The first kappa shape index (κ1) is 8.59. The molecule has 0 aliphatic carbocycles. The fraction of sp³-hybridized carbons (Fsp3) is 0.111. The number of anilines is 2. The average molecular weight is 166 g/mol. The van der Waals surface area contributed by atoms with Gasteiger partial charge in [-0.2, -0.15) is 0 Å². The van der Waals surface area contributed by atoms with Crippen LogP contribution in [0.15, 0.2) is 30.9 Å². The van der Waals surface area contributed by atoms with E-state index in [4.69, 9.17) is 5.73 Å². The molecular weight excluding hydrogens is 155 g/mol. The van der Waals surface area contributed by atoms with Crippen LogP contribution in [0.1, 0.15) is 0 Å². The smallest absolute Gasteiger partial charge is 0.125 e. The Morgan fingerprint density at radius 2 is 2.33 bits per heavy atom. The topological polar surface area (TPSA) is 38.0 Å². The van der Waals surface area contributed by atoms with Crippen LogP contribution in [-0.4, -0.2) is 6.54 Å². The van der Waals surface area contributed by atoms with Crippen molar-refractivity contribution >= 4 is 11.4 Å². The normalized spacial score (nSPS) is 9.42. The van der Waals surface area contributed by atoms with Crippen molar-refractivity contribution in [3.63, 3.8) is 0 Å². The van der Waals surface area contributed by atoms with Crippen molar-refractivity contribution in [3.8, 4) is 0 Å². The Bertz CT molecular complexity index is 284. The molecule has 1 rings (SSSR count). The molecule has 0 fully saturated rings. The van der Waals surface area contributed by atoms with Crippen LogP contribution in [0, 0.1) is 5.82 Å². The molecule has 0 aliphatic heterocycles. The lowest BCUT2D eigenvalue weighted by molar-refractivity contribution is 0.628. The third kappa shape index (κ3) is 1.99. The summed E-state index contributed by atoms with van der Waals surface area (Å²) in [5, 5.41) is 2.98. The van der Waals surface area contributed by atoms with Crippen LogP contribution in [0.4, 0.5) is 15.8 Å². The molecule has 0 heterocycles. The zero-order valence-electron chi connectivity index (χ0n) is 6.68. The molecule has 0 aliphatic rings. The summed E-state index contributed by atoms with van der Waals surface area (Å²) in [6.07, 6.45) is 1.71. The number of hydrogen-bond acceptors (Lipinski definition) is 2. The standard InChI is InChI=1S/C9H11FN2/c1-2-5-12-9-4-3-7(10)6-8(9)11/h2-4,6,12H,1,5,11H2. The molecule has 3 heteroatoms. The Kier molecular flexibility index (Phi) is 2.69. The van der Waals surface area contributed by atoms with Gasteiger partial charge in [0.25, 0.3) is 0 Å². The Balaban J connectivity index is 2.78. The first-order valence-corrected chi connectivity index (χ1v) is 3.64. The van der Waals surface area contributed by atoms with Crippen molar-refractivity contribution in [2.45, 2.75) is 0 Å². The Labute approximate surface area is 70.9 Å². The van der Waals surface area contributed by atoms with Crippen molar-refractivity contribution in [1.82, 2.24) is 0 Å². The second-order valence-corrected chi connectivity index (χ2v) is 2.40. The maximum absolute atomic E-state index is 12.5. The summed E-state index contributed by atoms with van der Waals surface area (Å²) in [6.45, 7) is 4.17. The van der Waals surface area contributed by atoms with Gasteiger partial charge in [-0.25, -0.2) is 4.39 Å². The van der Waals surface area contributed by atoms with Crippen LogP contribution in [0.25, 0.3) is 0 Å². The molecule has 0 saturated heterocycles. The summed E-state index contributed by atoms with van der Waals surface area (Å²) in [4.78, 5) is 0. The number of nitrogen functional groups attached to an aromatic ring is 1. The predicted octanol–water partition coefficient (Wildman–Crippen LogP) is 2.01. The predicted molar refractivity (Wildman–Crippen MR) is 49.5 cm³/mol. The van der Waals surface area contributed by atoms with E-state index in [1.165, 1.54) is 12.1 Å². The molecule has 1 aromatic rings. The summed E-state index contributed by atoms with van der Waals surface area (Å²) in [5.41, 5.74) is 6.67. The second-order valence-electron chi connectivity index (χ2n) is 2.40. The van der Waals surface area contributed by atoms with E-state index in [-0.39, 0.29) is 5.82 Å². The summed E-state index contributed by atoms with van der Waals surface area (Å²) in [5.74, 6) is -0.323. The minimum atomic E-state index is -0.323. The molecule has 0 bridgehead atoms. The third-order valence-corrected chi connectivity index (χ3v) is 1.45. The molecule has 0 spiro atoms. The molecule has 0 amide bonds. The van der Waals surface area contributed by atoms with Crippen molar-refractivity contribution in [2.24, 2.45) is 0 Å². The van der Waals surface area contributed by atoms with Gasteiger partial charge in [-0.3, -0.25) is 0 Å². The maximum atomic E-state index is 12.5. The summed E-state index contributed by atoms with van der Waals surface area (Å²) in [7, 11) is 0. The summed E-state index contributed by atoms with van der Waals surface area (Å²) >= 11 is 0. The van der Waals surface area contributed by atoms with Gasteiger partial charge in [-0.1, -0.05) is 6.08 Å². The zero-order chi connectivity index (χ0) is 8.97. The third-order valence-electron chi connectivity index (χ3n) is 1.45. The van der Waals surface area contributed by atoms with Crippen molar-refractivity contribution < 1.29 is 4.39 Å². The highest BCUT2D eigenvalue weighted by Crippen LogP contribution is 2.18. The fourth-order valence-electron chi connectivity index (χ4n) is 0.877. The molecule has 0 saturated carbocycles. The van der Waals surface area contributed by atoms with Crippen LogP contribution >= 0.6 is 0 Å². The van der Waals surface area contributed by atoms with Crippen LogP contribution < -0.4 is 11.1 Å². The van der Waals surface area contributed by atoms with Gasteiger partial charge in [0, 0.05) is 6.54 Å².